The number of hydrogen-bond acceptors (Lipinski definition) is 0. The van der Waals surface area contributed by atoms with Crippen molar-refractivity contribution in [3.05, 3.63) is 0 Å². The molecule has 0 bridgehead atoms. The summed E-state index contributed by atoms with van der Waals surface area (Å²) in [6.07, 6.45) is 0. The molecule has 0 spiro atoms. The zero-order valence-corrected chi connectivity index (χ0v) is 6.38. The van der Waals surface area contributed by atoms with Gasteiger partial charge in [-0.05, 0) is 0 Å². The maximum atomic E-state index is 0. The predicted molar refractivity (Wildman–Crippen MR) is 29.6 cm³/mol. The van der Waals surface area contributed by atoms with Gasteiger partial charge in [-0.3, -0.25) is 4.70 Å². The van der Waals surface area contributed by atoms with Crippen molar-refractivity contribution in [3.63, 3.8) is 0 Å². The van der Waals surface area contributed by atoms with E-state index >= 15 is 0 Å². The summed E-state index contributed by atoms with van der Waals surface area (Å²) in [5, 5.41) is 0. The number of halogens is 2. The topological polar surface area (TPSA) is 0 Å². The normalized spacial score (nSPS) is 0. The van der Waals surface area contributed by atoms with Gasteiger partial charge in [0.25, 0.3) is 0 Å². The summed E-state index contributed by atoms with van der Waals surface area (Å²) >= 11 is 0. The molecular formula is H8ClFGaSb. The predicted octanol–water partition coefficient (Wildman–Crippen LogP) is -1.79. The summed E-state index contributed by atoms with van der Waals surface area (Å²) in [7, 11) is 0. The fourth-order valence-electron chi connectivity index (χ4n) is 0. The molecule has 4 heavy (non-hydrogen) atoms. The minimum atomic E-state index is 0. The Balaban J connectivity index is 0. The van der Waals surface area contributed by atoms with Crippen LogP contribution < -0.4 is 0 Å². The summed E-state index contributed by atoms with van der Waals surface area (Å²) in [6, 6.07) is 0. The molecule has 0 aromatic carbocycles. The van der Waals surface area contributed by atoms with E-state index in [0.717, 1.165) is 0 Å². The van der Waals surface area contributed by atoms with Gasteiger partial charge in [-0.25, -0.2) is 0 Å². The molecule has 0 unspecified atom stereocenters. The molecule has 0 fully saturated rings. The van der Waals surface area contributed by atoms with E-state index in [-0.39, 0.29) is 61.3 Å². The van der Waals surface area contributed by atoms with Crippen molar-refractivity contribution in [2.45, 2.75) is 0 Å². The molecule has 0 aromatic rings. The van der Waals surface area contributed by atoms with Crippen LogP contribution in [0.1, 0.15) is 0 Å². The Kier molecular flexibility index (Phi) is 249. The van der Waals surface area contributed by atoms with E-state index in [0.29, 0.717) is 0 Å². The van der Waals surface area contributed by atoms with Crippen LogP contribution in [0.3, 0.4) is 0 Å². The minimum absolute atomic E-state index is 0. The zero-order valence-electron chi connectivity index (χ0n) is 1.52. The average Bonchev–Trinajstić information content (AvgIpc) is 0. The molecule has 0 amide bonds. The van der Waals surface area contributed by atoms with Gasteiger partial charge in [-0.15, -0.1) is 12.4 Å². The Morgan fingerprint density at radius 1 is 1.00 bits per heavy atom. The van der Waals surface area contributed by atoms with Crippen LogP contribution in [0.25, 0.3) is 0 Å². The van der Waals surface area contributed by atoms with Crippen LogP contribution in [-0.4, -0.2) is 44.2 Å². The van der Waals surface area contributed by atoms with Crippen molar-refractivity contribution in [3.8, 4) is 0 Å². The third-order valence-corrected chi connectivity index (χ3v) is 0. The first kappa shape index (κ1) is 44.2. The quantitative estimate of drug-likeness (QED) is 0.448. The van der Waals surface area contributed by atoms with Crippen molar-refractivity contribution in [2.75, 3.05) is 0 Å². The second-order valence-electron chi connectivity index (χ2n) is 0. The van der Waals surface area contributed by atoms with E-state index in [4.69, 9.17) is 0 Å². The van der Waals surface area contributed by atoms with Crippen LogP contribution in [-0.2, 0) is 0 Å². The SMILES string of the molecule is Cl.F.[GaH3].[SbH3]. The molecule has 30 valence electrons. The molecule has 0 heterocycles. The first-order chi connectivity index (χ1) is 0. The van der Waals surface area contributed by atoms with E-state index < -0.39 is 0 Å². The molecule has 0 aromatic heterocycles. The molecule has 0 saturated heterocycles. The van der Waals surface area contributed by atoms with Gasteiger partial charge in [0.2, 0.25) is 0 Å². The molecule has 0 radical (unpaired) electrons. The van der Waals surface area contributed by atoms with E-state index in [1.54, 1.807) is 0 Å². The molecule has 4 heteroatoms. The first-order valence-corrected chi connectivity index (χ1v) is 0. The van der Waals surface area contributed by atoms with Crippen LogP contribution in [0.5, 0.6) is 0 Å². The molecule has 0 aliphatic carbocycles. The molecule has 0 rings (SSSR count). The second-order valence-corrected chi connectivity index (χ2v) is 0. The average molecular weight is 254 g/mol. The standard InChI is InChI=1S/ClH.FH.Ga.Sb.6H/h2*1H;;;;;;;;. The van der Waals surface area contributed by atoms with Crippen LogP contribution in [0.15, 0.2) is 0 Å². The fraction of sp³-hybridized carbons (Fsp3) is 0. The van der Waals surface area contributed by atoms with Crippen molar-refractivity contribution >= 4 is 56.6 Å². The Morgan fingerprint density at radius 3 is 1.00 bits per heavy atom. The van der Waals surface area contributed by atoms with Gasteiger partial charge in [-0.2, -0.15) is 0 Å². The van der Waals surface area contributed by atoms with Crippen LogP contribution in [0.2, 0.25) is 0 Å². The number of hydrogen-bond donors (Lipinski definition) is 0. The molecule has 0 aliphatic rings. The summed E-state index contributed by atoms with van der Waals surface area (Å²) < 4.78 is 0. The van der Waals surface area contributed by atoms with Crippen LogP contribution >= 0.6 is 12.4 Å². The van der Waals surface area contributed by atoms with Crippen molar-refractivity contribution in [2.24, 2.45) is 0 Å². The van der Waals surface area contributed by atoms with Gasteiger partial charge in [0.05, 0.1) is 0 Å². The van der Waals surface area contributed by atoms with Gasteiger partial charge in [0.15, 0.2) is 0 Å². The summed E-state index contributed by atoms with van der Waals surface area (Å²) in [5.41, 5.74) is 0. The van der Waals surface area contributed by atoms with Gasteiger partial charge < -0.3 is 0 Å². The summed E-state index contributed by atoms with van der Waals surface area (Å²) in [4.78, 5) is 0. The molecule has 0 saturated carbocycles. The van der Waals surface area contributed by atoms with E-state index in [9.17, 15) is 0 Å². The zero-order chi connectivity index (χ0) is 0. The third-order valence-electron chi connectivity index (χ3n) is 0. The Hall–Kier alpha value is 1.67. The molecule has 0 atom stereocenters. The van der Waals surface area contributed by atoms with Gasteiger partial charge >= 0.3 is 44.2 Å². The molecule has 0 N–H and O–H groups in total. The monoisotopic (exact) mass is 252 g/mol. The summed E-state index contributed by atoms with van der Waals surface area (Å²) in [6.45, 7) is 0. The van der Waals surface area contributed by atoms with Crippen molar-refractivity contribution < 1.29 is 4.70 Å². The molecular weight excluding hydrogens is 246 g/mol. The van der Waals surface area contributed by atoms with E-state index in [1.807, 2.05) is 0 Å². The van der Waals surface area contributed by atoms with Gasteiger partial charge in [-0.1, -0.05) is 0 Å². The Labute approximate surface area is 61.0 Å². The fourth-order valence-corrected chi connectivity index (χ4v) is 0. The first-order valence-electron chi connectivity index (χ1n) is 0. The second kappa shape index (κ2) is 22.5. The van der Waals surface area contributed by atoms with E-state index in [2.05, 4.69) is 0 Å². The van der Waals surface area contributed by atoms with Gasteiger partial charge in [0.1, 0.15) is 0 Å². The van der Waals surface area contributed by atoms with Crippen molar-refractivity contribution in [1.29, 1.82) is 0 Å². The van der Waals surface area contributed by atoms with Crippen LogP contribution in [0, 0.1) is 0 Å². The third kappa shape index (κ3) is 9.37. The van der Waals surface area contributed by atoms with Crippen molar-refractivity contribution in [1.82, 2.24) is 0 Å². The molecule has 0 aliphatic heterocycles. The molecule has 0 nitrogen and oxygen atoms in total. The maximum absolute atomic E-state index is 0. The Bertz CT molecular complexity index is 8.00. The number of rotatable bonds is 0. The Morgan fingerprint density at radius 2 is 1.00 bits per heavy atom. The summed E-state index contributed by atoms with van der Waals surface area (Å²) in [5.74, 6) is 0. The van der Waals surface area contributed by atoms with Crippen LogP contribution in [0.4, 0.5) is 4.70 Å². The van der Waals surface area contributed by atoms with Gasteiger partial charge in [0, 0.05) is 0 Å². The van der Waals surface area contributed by atoms with E-state index in [1.165, 1.54) is 0 Å².